The van der Waals surface area contributed by atoms with Crippen molar-refractivity contribution in [3.8, 4) is 5.75 Å². The Labute approximate surface area is 122 Å². The second kappa shape index (κ2) is 6.94. The average molecular weight is 274 g/mol. The third kappa shape index (κ3) is 3.63. The molecule has 2 heteroatoms. The molecule has 0 saturated heterocycles. The third-order valence-corrected chi connectivity index (χ3v) is 4.32. The molecule has 1 N–H and O–H groups in total. The minimum Gasteiger partial charge on any atom is -0.497 e. The van der Waals surface area contributed by atoms with Crippen LogP contribution in [0.15, 0.2) is 35.9 Å². The molecule has 110 valence electrons. The standard InChI is InChI=1S/C18H26O2/c1-3-4-5-6-15-11-13-18(19,14-12-15)16-7-9-17(20-2)10-8-16/h7-11,19H,3-6,12-14H2,1-2H3. The van der Waals surface area contributed by atoms with Crippen molar-refractivity contribution in [1.29, 1.82) is 0 Å². The van der Waals surface area contributed by atoms with Crippen molar-refractivity contribution in [2.75, 3.05) is 7.11 Å². The van der Waals surface area contributed by atoms with Crippen LogP contribution in [0.1, 0.15) is 57.4 Å². The van der Waals surface area contributed by atoms with Gasteiger partial charge in [0.2, 0.25) is 0 Å². The van der Waals surface area contributed by atoms with E-state index in [4.69, 9.17) is 4.74 Å². The summed E-state index contributed by atoms with van der Waals surface area (Å²) in [6, 6.07) is 7.81. The van der Waals surface area contributed by atoms with Gasteiger partial charge in [0.25, 0.3) is 0 Å². The van der Waals surface area contributed by atoms with E-state index in [0.29, 0.717) is 0 Å². The summed E-state index contributed by atoms with van der Waals surface area (Å²) in [4.78, 5) is 0. The van der Waals surface area contributed by atoms with Gasteiger partial charge < -0.3 is 9.84 Å². The molecule has 0 aliphatic heterocycles. The Morgan fingerprint density at radius 2 is 1.95 bits per heavy atom. The molecular weight excluding hydrogens is 248 g/mol. The van der Waals surface area contributed by atoms with Crippen LogP contribution in [0.2, 0.25) is 0 Å². The topological polar surface area (TPSA) is 29.5 Å². The zero-order chi connectivity index (χ0) is 14.4. The fourth-order valence-electron chi connectivity index (χ4n) is 2.88. The van der Waals surface area contributed by atoms with E-state index in [1.54, 1.807) is 7.11 Å². The molecular formula is C18H26O2. The highest BCUT2D eigenvalue weighted by molar-refractivity contribution is 5.32. The normalized spacial score (nSPS) is 22.4. The number of methoxy groups -OCH3 is 1. The van der Waals surface area contributed by atoms with Crippen molar-refractivity contribution in [2.45, 2.75) is 57.5 Å². The summed E-state index contributed by atoms with van der Waals surface area (Å²) in [6.07, 6.45) is 9.90. The number of ether oxygens (including phenoxy) is 1. The van der Waals surface area contributed by atoms with E-state index < -0.39 is 5.60 Å². The molecule has 0 radical (unpaired) electrons. The third-order valence-electron chi connectivity index (χ3n) is 4.32. The summed E-state index contributed by atoms with van der Waals surface area (Å²) in [7, 11) is 1.66. The summed E-state index contributed by atoms with van der Waals surface area (Å²) >= 11 is 0. The lowest BCUT2D eigenvalue weighted by Gasteiger charge is -2.32. The average Bonchev–Trinajstić information content (AvgIpc) is 2.50. The molecule has 0 spiro atoms. The Bertz CT molecular complexity index is 447. The first-order valence-electron chi connectivity index (χ1n) is 7.73. The van der Waals surface area contributed by atoms with E-state index in [-0.39, 0.29) is 0 Å². The van der Waals surface area contributed by atoms with Crippen molar-refractivity contribution in [3.63, 3.8) is 0 Å². The van der Waals surface area contributed by atoms with Gasteiger partial charge in [0.05, 0.1) is 12.7 Å². The first-order valence-corrected chi connectivity index (χ1v) is 7.73. The van der Waals surface area contributed by atoms with E-state index in [0.717, 1.165) is 30.6 Å². The molecule has 0 fully saturated rings. The molecule has 0 heterocycles. The van der Waals surface area contributed by atoms with Gasteiger partial charge in [0.15, 0.2) is 0 Å². The van der Waals surface area contributed by atoms with Gasteiger partial charge in [-0.1, -0.05) is 43.5 Å². The summed E-state index contributed by atoms with van der Waals surface area (Å²) in [5.74, 6) is 0.837. The Hall–Kier alpha value is -1.28. The SMILES string of the molecule is CCCCCC1=CCC(O)(c2ccc(OC)cc2)CC1. The highest BCUT2D eigenvalue weighted by Crippen LogP contribution is 2.38. The zero-order valence-electron chi connectivity index (χ0n) is 12.7. The van der Waals surface area contributed by atoms with Gasteiger partial charge in [-0.05, 0) is 49.8 Å². The molecule has 0 saturated carbocycles. The van der Waals surface area contributed by atoms with Crippen LogP contribution in [-0.2, 0) is 5.60 Å². The smallest absolute Gasteiger partial charge is 0.118 e. The van der Waals surface area contributed by atoms with Gasteiger partial charge >= 0.3 is 0 Å². The van der Waals surface area contributed by atoms with Gasteiger partial charge in [-0.25, -0.2) is 0 Å². The van der Waals surface area contributed by atoms with Gasteiger partial charge in [-0.15, -0.1) is 0 Å². The van der Waals surface area contributed by atoms with Crippen LogP contribution in [0.4, 0.5) is 0 Å². The first-order chi connectivity index (χ1) is 9.68. The maximum atomic E-state index is 10.8. The maximum absolute atomic E-state index is 10.8. The Morgan fingerprint density at radius 3 is 2.50 bits per heavy atom. The fourth-order valence-corrected chi connectivity index (χ4v) is 2.88. The fraction of sp³-hybridized carbons (Fsp3) is 0.556. The first kappa shape index (κ1) is 15.1. The molecule has 1 aliphatic carbocycles. The van der Waals surface area contributed by atoms with Crippen LogP contribution in [0.5, 0.6) is 5.75 Å². The van der Waals surface area contributed by atoms with Crippen molar-refractivity contribution in [2.24, 2.45) is 0 Å². The lowest BCUT2D eigenvalue weighted by molar-refractivity contribution is 0.0255. The van der Waals surface area contributed by atoms with Crippen LogP contribution in [0.25, 0.3) is 0 Å². The van der Waals surface area contributed by atoms with Crippen LogP contribution in [0.3, 0.4) is 0 Å². The largest absolute Gasteiger partial charge is 0.497 e. The van der Waals surface area contributed by atoms with E-state index in [1.807, 2.05) is 24.3 Å². The van der Waals surface area contributed by atoms with Crippen molar-refractivity contribution in [3.05, 3.63) is 41.5 Å². The van der Waals surface area contributed by atoms with Crippen LogP contribution >= 0.6 is 0 Å². The van der Waals surface area contributed by atoms with Crippen LogP contribution in [0, 0.1) is 0 Å². The predicted octanol–water partition coefficient (Wildman–Crippen LogP) is 4.57. The van der Waals surface area contributed by atoms with Gasteiger partial charge in [0.1, 0.15) is 5.75 Å². The molecule has 2 rings (SSSR count). The Morgan fingerprint density at radius 1 is 1.20 bits per heavy atom. The lowest BCUT2D eigenvalue weighted by Crippen LogP contribution is -2.27. The van der Waals surface area contributed by atoms with E-state index >= 15 is 0 Å². The molecule has 0 bridgehead atoms. The van der Waals surface area contributed by atoms with Crippen LogP contribution < -0.4 is 4.74 Å². The second-order valence-electron chi connectivity index (χ2n) is 5.78. The molecule has 1 unspecified atom stereocenters. The summed E-state index contributed by atoms with van der Waals surface area (Å²) in [5, 5.41) is 10.8. The molecule has 1 aromatic rings. The minimum absolute atomic E-state index is 0.694. The Balaban J connectivity index is 1.98. The van der Waals surface area contributed by atoms with Crippen molar-refractivity contribution >= 4 is 0 Å². The predicted molar refractivity (Wildman–Crippen MR) is 83.0 cm³/mol. The van der Waals surface area contributed by atoms with Gasteiger partial charge in [-0.2, -0.15) is 0 Å². The Kier molecular flexibility index (Phi) is 5.24. The monoisotopic (exact) mass is 274 g/mol. The quantitative estimate of drug-likeness (QED) is 0.608. The maximum Gasteiger partial charge on any atom is 0.118 e. The number of benzene rings is 1. The van der Waals surface area contributed by atoms with Crippen molar-refractivity contribution in [1.82, 2.24) is 0 Å². The van der Waals surface area contributed by atoms with E-state index in [1.165, 1.54) is 31.3 Å². The molecule has 0 amide bonds. The van der Waals surface area contributed by atoms with E-state index in [9.17, 15) is 5.11 Å². The summed E-state index contributed by atoms with van der Waals surface area (Å²) in [6.45, 7) is 2.23. The number of allylic oxidation sites excluding steroid dienone is 1. The molecule has 2 nitrogen and oxygen atoms in total. The molecule has 1 atom stereocenters. The molecule has 20 heavy (non-hydrogen) atoms. The molecule has 0 aromatic heterocycles. The van der Waals surface area contributed by atoms with Gasteiger partial charge in [0, 0.05) is 0 Å². The highest BCUT2D eigenvalue weighted by atomic mass is 16.5. The number of rotatable bonds is 6. The van der Waals surface area contributed by atoms with Crippen molar-refractivity contribution < 1.29 is 9.84 Å². The number of unbranched alkanes of at least 4 members (excludes halogenated alkanes) is 2. The van der Waals surface area contributed by atoms with Gasteiger partial charge in [-0.3, -0.25) is 0 Å². The summed E-state index contributed by atoms with van der Waals surface area (Å²) < 4.78 is 5.17. The zero-order valence-corrected chi connectivity index (χ0v) is 12.7. The summed E-state index contributed by atoms with van der Waals surface area (Å²) in [5.41, 5.74) is 1.83. The number of hydrogen-bond donors (Lipinski definition) is 1. The number of aliphatic hydroxyl groups is 1. The molecule has 1 aromatic carbocycles. The highest BCUT2D eigenvalue weighted by Gasteiger charge is 2.30. The van der Waals surface area contributed by atoms with E-state index in [2.05, 4.69) is 13.0 Å². The van der Waals surface area contributed by atoms with Crippen LogP contribution in [-0.4, -0.2) is 12.2 Å². The second-order valence-corrected chi connectivity index (χ2v) is 5.78. The molecule has 1 aliphatic rings. The minimum atomic E-state index is -0.694. The lowest BCUT2D eigenvalue weighted by atomic mass is 9.79. The number of hydrogen-bond acceptors (Lipinski definition) is 2.